The van der Waals surface area contributed by atoms with Crippen molar-refractivity contribution in [3.8, 4) is 17.2 Å². The topological polar surface area (TPSA) is 94.2 Å². The van der Waals surface area contributed by atoms with E-state index in [4.69, 9.17) is 37.4 Å². The number of rotatable bonds is 9. The van der Waals surface area contributed by atoms with Crippen LogP contribution in [0.5, 0.6) is 17.2 Å². The molecule has 38 heavy (non-hydrogen) atoms. The van der Waals surface area contributed by atoms with E-state index in [-0.39, 0.29) is 22.9 Å². The van der Waals surface area contributed by atoms with Crippen LogP contribution in [0.25, 0.3) is 6.08 Å². The zero-order valence-corrected chi connectivity index (χ0v) is 22.1. The molecule has 196 valence electrons. The summed E-state index contributed by atoms with van der Waals surface area (Å²) >= 11 is 12.4. The lowest BCUT2D eigenvalue weighted by atomic mass is 10.1. The first-order valence-corrected chi connectivity index (χ1v) is 12.5. The number of carbonyl (C=O) groups is 3. The molecule has 0 atom stereocenters. The van der Waals surface area contributed by atoms with E-state index in [0.717, 1.165) is 16.9 Å². The maximum atomic E-state index is 13.2. The highest BCUT2D eigenvalue weighted by molar-refractivity contribution is 6.39. The molecule has 10 heteroatoms. The van der Waals surface area contributed by atoms with Crippen molar-refractivity contribution in [3.05, 3.63) is 87.4 Å². The molecule has 1 fully saturated rings. The molecule has 8 nitrogen and oxygen atoms in total. The van der Waals surface area contributed by atoms with E-state index >= 15 is 0 Å². The molecule has 1 N–H and O–H groups in total. The van der Waals surface area contributed by atoms with E-state index in [1.807, 2.05) is 19.1 Å². The van der Waals surface area contributed by atoms with Gasteiger partial charge < -0.3 is 14.2 Å². The number of imide groups is 2. The Labute approximate surface area is 229 Å². The molecule has 3 aromatic rings. The Morgan fingerprint density at radius 3 is 2.32 bits per heavy atom. The van der Waals surface area contributed by atoms with Crippen LogP contribution in [0.4, 0.5) is 10.5 Å². The number of ether oxygens (including phenoxy) is 3. The van der Waals surface area contributed by atoms with Gasteiger partial charge in [-0.1, -0.05) is 42.3 Å². The first-order valence-electron chi connectivity index (χ1n) is 11.7. The average Bonchev–Trinajstić information content (AvgIpc) is 2.90. The third kappa shape index (κ3) is 6.10. The summed E-state index contributed by atoms with van der Waals surface area (Å²) in [6, 6.07) is 15.9. The Balaban J connectivity index is 1.59. The lowest BCUT2D eigenvalue weighted by Crippen LogP contribution is -2.54. The van der Waals surface area contributed by atoms with Gasteiger partial charge in [-0.25, -0.2) is 9.69 Å². The van der Waals surface area contributed by atoms with Crippen LogP contribution in [0.15, 0.2) is 66.2 Å². The minimum atomic E-state index is -0.846. The minimum absolute atomic E-state index is 0.212. The maximum Gasteiger partial charge on any atom is 0.335 e. The molecule has 0 unspecified atom stereocenters. The maximum absolute atomic E-state index is 13.2. The molecule has 3 aromatic carbocycles. The van der Waals surface area contributed by atoms with Crippen molar-refractivity contribution in [1.82, 2.24) is 5.32 Å². The number of carbonyl (C=O) groups excluding carboxylic acids is 3. The molecule has 1 heterocycles. The summed E-state index contributed by atoms with van der Waals surface area (Å²) in [5.74, 6) is -0.394. The van der Waals surface area contributed by atoms with Gasteiger partial charge in [-0.3, -0.25) is 14.9 Å². The summed E-state index contributed by atoms with van der Waals surface area (Å²) in [6.45, 7) is 2.75. The lowest BCUT2D eigenvalue weighted by Gasteiger charge is -2.26. The van der Waals surface area contributed by atoms with E-state index in [9.17, 15) is 14.4 Å². The second-order valence-corrected chi connectivity index (χ2v) is 9.09. The molecule has 4 amide bonds. The number of nitrogens with zero attached hydrogens (tertiary/aromatic N) is 1. The normalized spacial score (nSPS) is 14.5. The average molecular weight is 555 g/mol. The van der Waals surface area contributed by atoms with Gasteiger partial charge >= 0.3 is 6.03 Å². The van der Waals surface area contributed by atoms with E-state index < -0.39 is 17.8 Å². The highest BCUT2D eigenvalue weighted by Gasteiger charge is 2.37. The van der Waals surface area contributed by atoms with Crippen molar-refractivity contribution >= 4 is 52.8 Å². The van der Waals surface area contributed by atoms with Crippen LogP contribution in [-0.4, -0.2) is 31.6 Å². The Kier molecular flexibility index (Phi) is 8.55. The number of nitrogens with one attached hydrogen (secondary N) is 1. The largest absolute Gasteiger partial charge is 0.494 e. The quantitative estimate of drug-likeness (QED) is 0.256. The van der Waals surface area contributed by atoms with Gasteiger partial charge in [0.2, 0.25) is 0 Å². The molecular weight excluding hydrogens is 531 g/mol. The van der Waals surface area contributed by atoms with E-state index in [1.165, 1.54) is 19.3 Å². The summed E-state index contributed by atoms with van der Waals surface area (Å²) in [7, 11) is 1.45. The van der Waals surface area contributed by atoms with Gasteiger partial charge in [0.15, 0.2) is 11.5 Å². The van der Waals surface area contributed by atoms with E-state index in [0.29, 0.717) is 34.4 Å². The summed E-state index contributed by atoms with van der Waals surface area (Å²) in [4.78, 5) is 39.3. The zero-order valence-electron chi connectivity index (χ0n) is 20.6. The predicted octanol–water partition coefficient (Wildman–Crippen LogP) is 6.04. The van der Waals surface area contributed by atoms with Crippen LogP contribution in [0.3, 0.4) is 0 Å². The molecule has 1 aliphatic rings. The number of hydrogen-bond donors (Lipinski definition) is 1. The second-order valence-electron chi connectivity index (χ2n) is 8.25. The number of amides is 4. The number of urea groups is 1. The Morgan fingerprint density at radius 2 is 1.66 bits per heavy atom. The summed E-state index contributed by atoms with van der Waals surface area (Å²) in [5.41, 5.74) is 1.32. The summed E-state index contributed by atoms with van der Waals surface area (Å²) < 4.78 is 16.9. The second kappa shape index (κ2) is 12.0. The van der Waals surface area contributed by atoms with Crippen LogP contribution in [0.1, 0.15) is 24.5 Å². The molecule has 1 saturated heterocycles. The summed E-state index contributed by atoms with van der Waals surface area (Å²) in [6.07, 6.45) is 2.18. The molecule has 0 saturated carbocycles. The van der Waals surface area contributed by atoms with Crippen molar-refractivity contribution in [1.29, 1.82) is 0 Å². The smallest absolute Gasteiger partial charge is 0.335 e. The fraction of sp³-hybridized carbons (Fsp3) is 0.179. The first kappa shape index (κ1) is 27.0. The molecule has 0 aromatic heterocycles. The Bertz CT molecular complexity index is 1390. The van der Waals surface area contributed by atoms with Crippen molar-refractivity contribution in [2.24, 2.45) is 0 Å². The van der Waals surface area contributed by atoms with Crippen molar-refractivity contribution in [2.45, 2.75) is 20.0 Å². The van der Waals surface area contributed by atoms with Crippen LogP contribution in [-0.2, 0) is 16.2 Å². The first-order chi connectivity index (χ1) is 18.3. The fourth-order valence-electron chi connectivity index (χ4n) is 3.67. The molecule has 0 bridgehead atoms. The molecule has 0 radical (unpaired) electrons. The third-order valence-electron chi connectivity index (χ3n) is 5.53. The van der Waals surface area contributed by atoms with Gasteiger partial charge in [0.1, 0.15) is 17.9 Å². The van der Waals surface area contributed by atoms with E-state index in [2.05, 4.69) is 5.32 Å². The number of benzene rings is 3. The molecule has 0 spiro atoms. The van der Waals surface area contributed by atoms with Gasteiger partial charge in [-0.15, -0.1) is 0 Å². The number of hydrogen-bond acceptors (Lipinski definition) is 6. The number of halogens is 2. The predicted molar refractivity (Wildman–Crippen MR) is 145 cm³/mol. The van der Waals surface area contributed by atoms with Crippen molar-refractivity contribution in [3.63, 3.8) is 0 Å². The number of methoxy groups -OCH3 is 1. The van der Waals surface area contributed by atoms with Gasteiger partial charge in [-0.2, -0.15) is 0 Å². The number of barbiturate groups is 1. The number of anilines is 1. The van der Waals surface area contributed by atoms with Crippen molar-refractivity contribution in [2.75, 3.05) is 18.6 Å². The zero-order chi connectivity index (χ0) is 27.2. The molecule has 1 aliphatic heterocycles. The van der Waals surface area contributed by atoms with Gasteiger partial charge in [-0.05, 0) is 72.2 Å². The van der Waals surface area contributed by atoms with Crippen LogP contribution >= 0.6 is 23.2 Å². The van der Waals surface area contributed by atoms with Gasteiger partial charge in [0.05, 0.1) is 24.4 Å². The molecule has 0 aliphatic carbocycles. The fourth-order valence-corrected chi connectivity index (χ4v) is 4.07. The Morgan fingerprint density at radius 1 is 0.947 bits per heavy atom. The van der Waals surface area contributed by atoms with Crippen LogP contribution < -0.4 is 24.4 Å². The van der Waals surface area contributed by atoms with Gasteiger partial charge in [0, 0.05) is 5.02 Å². The third-order valence-corrected chi connectivity index (χ3v) is 6.06. The van der Waals surface area contributed by atoms with E-state index in [1.54, 1.807) is 42.5 Å². The highest BCUT2D eigenvalue weighted by Crippen LogP contribution is 2.38. The lowest BCUT2D eigenvalue weighted by molar-refractivity contribution is -0.122. The Hall–Kier alpha value is -4.01. The van der Waals surface area contributed by atoms with Crippen molar-refractivity contribution < 1.29 is 28.6 Å². The van der Waals surface area contributed by atoms with Gasteiger partial charge in [0.25, 0.3) is 11.8 Å². The standard InChI is InChI=1S/C28H24Cl2N2O6/c1-3-12-37-21-10-8-20(9-11-21)32-27(34)22(26(33)31-28(32)35)13-18-14-23(30)25(24(15-18)36-2)38-16-17-4-6-19(29)7-5-17/h4-11,13-15H,3,12,16H2,1-2H3,(H,31,33,35)/b22-13-. The SMILES string of the molecule is CCCOc1ccc(N2C(=O)NC(=O)/C(=C/c3cc(Cl)c(OCc4ccc(Cl)cc4)c(OC)c3)C2=O)cc1. The molecule has 4 rings (SSSR count). The summed E-state index contributed by atoms with van der Waals surface area (Å²) in [5, 5.41) is 3.03. The monoisotopic (exact) mass is 554 g/mol. The van der Waals surface area contributed by atoms with Crippen LogP contribution in [0.2, 0.25) is 10.0 Å². The van der Waals surface area contributed by atoms with Crippen LogP contribution in [0, 0.1) is 0 Å². The highest BCUT2D eigenvalue weighted by atomic mass is 35.5. The minimum Gasteiger partial charge on any atom is -0.494 e. The molecular formula is C28H24Cl2N2O6.